The second kappa shape index (κ2) is 4.25. The van der Waals surface area contributed by atoms with E-state index in [9.17, 15) is 15.3 Å². The molecule has 4 nitrogen and oxygen atoms in total. The maximum atomic E-state index is 9.83. The lowest BCUT2D eigenvalue weighted by atomic mass is 10.1. The number of para-hydroxylation sites is 1. The van der Waals surface area contributed by atoms with Crippen LogP contribution in [-0.4, -0.2) is 15.3 Å². The van der Waals surface area contributed by atoms with Gasteiger partial charge in [-0.2, -0.15) is 0 Å². The molecule has 0 saturated heterocycles. The van der Waals surface area contributed by atoms with Gasteiger partial charge in [-0.15, -0.1) is 0 Å². The quantitative estimate of drug-likeness (QED) is 0.473. The van der Waals surface area contributed by atoms with E-state index in [-0.39, 0.29) is 22.8 Å². The van der Waals surface area contributed by atoms with E-state index in [1.54, 1.807) is 0 Å². The van der Waals surface area contributed by atoms with Crippen LogP contribution in [0, 0.1) is 6.92 Å². The van der Waals surface area contributed by atoms with E-state index in [2.05, 4.69) is 5.32 Å². The van der Waals surface area contributed by atoms with E-state index in [0.29, 0.717) is 5.69 Å². The molecular weight excluding hydrogens is 218 g/mol. The van der Waals surface area contributed by atoms with E-state index in [4.69, 9.17) is 0 Å². The fourth-order valence-corrected chi connectivity index (χ4v) is 1.55. The van der Waals surface area contributed by atoms with E-state index >= 15 is 0 Å². The van der Waals surface area contributed by atoms with Crippen molar-refractivity contribution in [1.82, 2.24) is 0 Å². The Balaban J connectivity index is 2.41. The number of hydrogen-bond acceptors (Lipinski definition) is 4. The monoisotopic (exact) mass is 231 g/mol. The van der Waals surface area contributed by atoms with E-state index in [0.717, 1.165) is 5.69 Å². The Morgan fingerprint density at radius 2 is 1.59 bits per heavy atom. The average Bonchev–Trinajstić information content (AvgIpc) is 2.35. The molecule has 0 aromatic heterocycles. The van der Waals surface area contributed by atoms with Crippen molar-refractivity contribution >= 4 is 11.4 Å². The lowest BCUT2D eigenvalue weighted by molar-refractivity contribution is 0.393. The van der Waals surface area contributed by atoms with Gasteiger partial charge in [0.05, 0.1) is 5.69 Å². The molecule has 2 rings (SSSR count). The van der Waals surface area contributed by atoms with Crippen LogP contribution >= 0.6 is 0 Å². The van der Waals surface area contributed by atoms with Crippen LogP contribution in [0.5, 0.6) is 17.2 Å². The number of phenols is 3. The van der Waals surface area contributed by atoms with Crippen LogP contribution in [0.4, 0.5) is 11.4 Å². The second-order valence-electron chi connectivity index (χ2n) is 3.76. The van der Waals surface area contributed by atoms with Crippen molar-refractivity contribution in [1.29, 1.82) is 0 Å². The molecule has 0 atom stereocenters. The summed E-state index contributed by atoms with van der Waals surface area (Å²) in [5, 5.41) is 31.7. The maximum Gasteiger partial charge on any atom is 0.164 e. The van der Waals surface area contributed by atoms with E-state index < -0.39 is 0 Å². The first kappa shape index (κ1) is 11.1. The first-order valence-corrected chi connectivity index (χ1v) is 5.16. The lowest BCUT2D eigenvalue weighted by Crippen LogP contribution is -1.92. The van der Waals surface area contributed by atoms with E-state index in [1.807, 2.05) is 30.3 Å². The molecule has 0 radical (unpaired) electrons. The number of benzene rings is 2. The van der Waals surface area contributed by atoms with Gasteiger partial charge in [-0.3, -0.25) is 0 Å². The molecule has 0 bridgehead atoms. The molecule has 0 aliphatic carbocycles. The predicted octanol–water partition coefficient (Wildman–Crippen LogP) is 2.86. The van der Waals surface area contributed by atoms with Crippen molar-refractivity contribution in [2.45, 2.75) is 6.92 Å². The van der Waals surface area contributed by atoms with Crippen LogP contribution < -0.4 is 5.32 Å². The zero-order chi connectivity index (χ0) is 12.4. The van der Waals surface area contributed by atoms with Gasteiger partial charge in [0.1, 0.15) is 5.75 Å². The van der Waals surface area contributed by atoms with Gasteiger partial charge in [0.25, 0.3) is 0 Å². The summed E-state index contributed by atoms with van der Waals surface area (Å²) in [5.41, 5.74) is 1.37. The Kier molecular flexibility index (Phi) is 2.78. The normalized spacial score (nSPS) is 10.2. The van der Waals surface area contributed by atoms with Crippen molar-refractivity contribution < 1.29 is 15.3 Å². The minimum atomic E-state index is -0.305. The van der Waals surface area contributed by atoms with Crippen LogP contribution in [-0.2, 0) is 0 Å². The summed E-state index contributed by atoms with van der Waals surface area (Å²) in [6, 6.07) is 10.5. The van der Waals surface area contributed by atoms with Crippen molar-refractivity contribution in [3.05, 3.63) is 42.0 Å². The Morgan fingerprint density at radius 1 is 0.941 bits per heavy atom. The molecule has 17 heavy (non-hydrogen) atoms. The molecule has 0 aliphatic heterocycles. The Morgan fingerprint density at radius 3 is 2.24 bits per heavy atom. The third-order valence-corrected chi connectivity index (χ3v) is 2.54. The van der Waals surface area contributed by atoms with Crippen molar-refractivity contribution in [3.63, 3.8) is 0 Å². The van der Waals surface area contributed by atoms with Gasteiger partial charge in [-0.25, -0.2) is 0 Å². The fourth-order valence-electron chi connectivity index (χ4n) is 1.55. The summed E-state index contributed by atoms with van der Waals surface area (Å²) in [7, 11) is 0. The third kappa shape index (κ3) is 2.10. The number of nitrogens with one attached hydrogen (secondary N) is 1. The summed E-state index contributed by atoms with van der Waals surface area (Å²) in [4.78, 5) is 0. The lowest BCUT2D eigenvalue weighted by Gasteiger charge is -2.12. The highest BCUT2D eigenvalue weighted by Gasteiger charge is 2.13. The van der Waals surface area contributed by atoms with Crippen molar-refractivity contribution in [3.8, 4) is 17.2 Å². The molecular formula is C13H13NO3. The van der Waals surface area contributed by atoms with E-state index in [1.165, 1.54) is 13.0 Å². The minimum Gasteiger partial charge on any atom is -0.505 e. The SMILES string of the molecule is Cc1c(O)c(O)cc(Nc2ccccc2)c1O. The number of rotatable bonds is 2. The van der Waals surface area contributed by atoms with Crippen LogP contribution in [0.2, 0.25) is 0 Å². The molecule has 0 amide bonds. The van der Waals surface area contributed by atoms with Gasteiger partial charge in [0, 0.05) is 17.3 Å². The van der Waals surface area contributed by atoms with Crippen LogP contribution in [0.15, 0.2) is 36.4 Å². The first-order valence-electron chi connectivity index (χ1n) is 5.16. The number of hydrogen-bond donors (Lipinski definition) is 4. The Hall–Kier alpha value is -2.36. The zero-order valence-corrected chi connectivity index (χ0v) is 9.31. The predicted molar refractivity (Wildman–Crippen MR) is 65.9 cm³/mol. The summed E-state index contributed by atoms with van der Waals surface area (Å²) in [6.45, 7) is 1.53. The largest absolute Gasteiger partial charge is 0.505 e. The molecule has 0 aliphatic rings. The van der Waals surface area contributed by atoms with Gasteiger partial charge < -0.3 is 20.6 Å². The smallest absolute Gasteiger partial charge is 0.164 e. The van der Waals surface area contributed by atoms with Gasteiger partial charge >= 0.3 is 0 Å². The third-order valence-electron chi connectivity index (χ3n) is 2.54. The maximum absolute atomic E-state index is 9.83. The van der Waals surface area contributed by atoms with Gasteiger partial charge in [0.2, 0.25) is 0 Å². The number of anilines is 2. The molecule has 4 N–H and O–H groups in total. The van der Waals surface area contributed by atoms with Gasteiger partial charge in [-0.05, 0) is 19.1 Å². The molecule has 0 saturated carbocycles. The summed E-state index contributed by atoms with van der Waals surface area (Å²) in [5.74, 6) is -0.649. The van der Waals surface area contributed by atoms with Crippen molar-refractivity contribution in [2.24, 2.45) is 0 Å². The molecule has 0 spiro atoms. The topological polar surface area (TPSA) is 72.7 Å². The molecule has 4 heteroatoms. The molecule has 0 unspecified atom stereocenters. The van der Waals surface area contributed by atoms with Gasteiger partial charge in [0.15, 0.2) is 11.5 Å². The number of phenolic OH excluding ortho intramolecular Hbond substituents is 3. The highest BCUT2D eigenvalue weighted by atomic mass is 16.3. The fraction of sp³-hybridized carbons (Fsp3) is 0.0769. The Bertz CT molecular complexity index is 538. The first-order chi connectivity index (χ1) is 8.09. The molecule has 2 aromatic carbocycles. The highest BCUT2D eigenvalue weighted by molar-refractivity contribution is 5.72. The molecule has 88 valence electrons. The summed E-state index contributed by atoms with van der Waals surface area (Å²) >= 11 is 0. The minimum absolute atomic E-state index is 0.0795. The summed E-state index contributed by atoms with van der Waals surface area (Å²) in [6.07, 6.45) is 0. The van der Waals surface area contributed by atoms with Crippen LogP contribution in [0.25, 0.3) is 0 Å². The van der Waals surface area contributed by atoms with Crippen LogP contribution in [0.1, 0.15) is 5.56 Å². The standard InChI is InChI=1S/C13H13NO3/c1-8-12(16)10(7-11(15)13(8)17)14-9-5-3-2-4-6-9/h2-7,14-17H,1H3. The highest BCUT2D eigenvalue weighted by Crippen LogP contribution is 2.41. The van der Waals surface area contributed by atoms with Gasteiger partial charge in [-0.1, -0.05) is 18.2 Å². The average molecular weight is 231 g/mol. The summed E-state index contributed by atoms with van der Waals surface area (Å²) < 4.78 is 0. The van der Waals surface area contributed by atoms with Crippen LogP contribution in [0.3, 0.4) is 0 Å². The molecule has 2 aromatic rings. The second-order valence-corrected chi connectivity index (χ2v) is 3.76. The zero-order valence-electron chi connectivity index (χ0n) is 9.31. The molecule has 0 fully saturated rings. The molecule has 0 heterocycles. The Labute approximate surface area is 98.8 Å². The van der Waals surface area contributed by atoms with Crippen molar-refractivity contribution in [2.75, 3.05) is 5.32 Å². The number of aromatic hydroxyl groups is 3.